The molecule has 6 nitrogen and oxygen atoms in total. The summed E-state index contributed by atoms with van der Waals surface area (Å²) < 4.78 is 5.52. The van der Waals surface area contributed by atoms with E-state index in [0.717, 1.165) is 19.5 Å². The molecule has 0 aliphatic carbocycles. The van der Waals surface area contributed by atoms with Crippen molar-refractivity contribution < 1.29 is 4.74 Å². The van der Waals surface area contributed by atoms with E-state index < -0.39 is 0 Å². The maximum atomic E-state index is 5.52. The maximum absolute atomic E-state index is 5.52. The second-order valence-corrected chi connectivity index (χ2v) is 4.47. The highest BCUT2D eigenvalue weighted by atomic mass is 16.5. The number of nitrogens with one attached hydrogen (secondary N) is 1. The standard InChI is InChI=1S/C13H21N5O/c1-3-4-10-19-13-16-11(14-2)15-12(17-13)18-8-6-5-7-9-18/h3H,1,4-10H2,2H3,(H,14,15,16,17). The van der Waals surface area contributed by atoms with Crippen LogP contribution in [0.1, 0.15) is 25.7 Å². The van der Waals surface area contributed by atoms with E-state index in [2.05, 4.69) is 31.7 Å². The van der Waals surface area contributed by atoms with Crippen molar-refractivity contribution in [1.29, 1.82) is 0 Å². The van der Waals surface area contributed by atoms with Crippen molar-refractivity contribution in [2.75, 3.05) is 37.0 Å². The van der Waals surface area contributed by atoms with Gasteiger partial charge in [-0.05, 0) is 25.7 Å². The van der Waals surface area contributed by atoms with Crippen LogP contribution in [0.4, 0.5) is 11.9 Å². The number of anilines is 2. The lowest BCUT2D eigenvalue weighted by Crippen LogP contribution is -2.31. The Morgan fingerprint density at radius 3 is 2.74 bits per heavy atom. The van der Waals surface area contributed by atoms with E-state index in [1.807, 2.05) is 6.08 Å². The second-order valence-electron chi connectivity index (χ2n) is 4.47. The Labute approximate surface area is 113 Å². The Balaban J connectivity index is 2.12. The first-order valence-corrected chi connectivity index (χ1v) is 6.76. The summed E-state index contributed by atoms with van der Waals surface area (Å²) in [6, 6.07) is 0.377. The van der Waals surface area contributed by atoms with Crippen LogP contribution < -0.4 is 15.0 Å². The van der Waals surface area contributed by atoms with Gasteiger partial charge < -0.3 is 15.0 Å². The van der Waals surface area contributed by atoms with E-state index in [-0.39, 0.29) is 0 Å². The van der Waals surface area contributed by atoms with Gasteiger partial charge in [-0.15, -0.1) is 6.58 Å². The Hall–Kier alpha value is -1.85. The van der Waals surface area contributed by atoms with E-state index in [9.17, 15) is 0 Å². The number of ether oxygens (including phenoxy) is 1. The minimum absolute atomic E-state index is 0.377. The van der Waals surface area contributed by atoms with Crippen molar-refractivity contribution in [3.63, 3.8) is 0 Å². The predicted molar refractivity (Wildman–Crippen MR) is 75.7 cm³/mol. The molecule has 2 heterocycles. The van der Waals surface area contributed by atoms with Gasteiger partial charge in [-0.3, -0.25) is 0 Å². The van der Waals surface area contributed by atoms with Gasteiger partial charge in [-0.1, -0.05) is 6.08 Å². The highest BCUT2D eigenvalue weighted by Gasteiger charge is 2.16. The van der Waals surface area contributed by atoms with E-state index in [0.29, 0.717) is 24.5 Å². The molecule has 0 spiro atoms. The molecule has 0 atom stereocenters. The molecule has 1 aliphatic rings. The van der Waals surface area contributed by atoms with Crippen molar-refractivity contribution in [3.05, 3.63) is 12.7 Å². The van der Waals surface area contributed by atoms with Crippen molar-refractivity contribution in [2.45, 2.75) is 25.7 Å². The van der Waals surface area contributed by atoms with Gasteiger partial charge in [-0.25, -0.2) is 0 Å². The average Bonchev–Trinajstić information content (AvgIpc) is 2.48. The number of aromatic nitrogens is 3. The summed E-state index contributed by atoms with van der Waals surface area (Å²) in [6.07, 6.45) is 6.24. The van der Waals surface area contributed by atoms with E-state index in [1.165, 1.54) is 19.3 Å². The average molecular weight is 263 g/mol. The van der Waals surface area contributed by atoms with Crippen LogP contribution in [0.25, 0.3) is 0 Å². The summed E-state index contributed by atoms with van der Waals surface area (Å²) in [5, 5.41) is 2.95. The van der Waals surface area contributed by atoms with Gasteiger partial charge in [0.2, 0.25) is 11.9 Å². The lowest BCUT2D eigenvalue weighted by atomic mass is 10.1. The molecule has 1 fully saturated rings. The van der Waals surface area contributed by atoms with Gasteiger partial charge in [0, 0.05) is 20.1 Å². The Morgan fingerprint density at radius 2 is 2.05 bits per heavy atom. The predicted octanol–water partition coefficient (Wildman–Crippen LogP) is 1.86. The van der Waals surface area contributed by atoms with Gasteiger partial charge >= 0.3 is 6.01 Å². The monoisotopic (exact) mass is 263 g/mol. The summed E-state index contributed by atoms with van der Waals surface area (Å²) in [5.74, 6) is 1.25. The topological polar surface area (TPSA) is 63.2 Å². The molecule has 1 aliphatic heterocycles. The van der Waals surface area contributed by atoms with Gasteiger partial charge in [0.1, 0.15) is 0 Å². The van der Waals surface area contributed by atoms with Crippen LogP contribution >= 0.6 is 0 Å². The molecular weight excluding hydrogens is 242 g/mol. The van der Waals surface area contributed by atoms with Crippen molar-refractivity contribution in [2.24, 2.45) is 0 Å². The fourth-order valence-electron chi connectivity index (χ4n) is 1.99. The summed E-state index contributed by atoms with van der Waals surface area (Å²) in [6.45, 7) is 6.20. The number of hydrogen-bond acceptors (Lipinski definition) is 6. The summed E-state index contributed by atoms with van der Waals surface area (Å²) >= 11 is 0. The molecule has 1 aromatic rings. The Bertz CT molecular complexity index is 417. The third kappa shape index (κ3) is 3.81. The fraction of sp³-hybridized carbons (Fsp3) is 0.615. The maximum Gasteiger partial charge on any atom is 0.323 e. The first kappa shape index (κ1) is 13.6. The van der Waals surface area contributed by atoms with E-state index >= 15 is 0 Å². The lowest BCUT2D eigenvalue weighted by Gasteiger charge is -2.26. The fourth-order valence-corrected chi connectivity index (χ4v) is 1.99. The molecule has 19 heavy (non-hydrogen) atoms. The molecule has 1 aromatic heterocycles. The van der Waals surface area contributed by atoms with Crippen LogP contribution in [0.2, 0.25) is 0 Å². The number of piperidine rings is 1. The van der Waals surface area contributed by atoms with Crippen LogP contribution in [0, 0.1) is 0 Å². The molecule has 1 N–H and O–H groups in total. The minimum atomic E-state index is 0.377. The smallest absolute Gasteiger partial charge is 0.323 e. The lowest BCUT2D eigenvalue weighted by molar-refractivity contribution is 0.298. The van der Waals surface area contributed by atoms with Gasteiger partial charge in [0.15, 0.2) is 0 Å². The number of rotatable bonds is 6. The van der Waals surface area contributed by atoms with Gasteiger partial charge in [0.05, 0.1) is 6.61 Å². The first-order valence-electron chi connectivity index (χ1n) is 6.76. The molecule has 0 saturated carbocycles. The molecule has 0 amide bonds. The van der Waals surface area contributed by atoms with Gasteiger partial charge in [0.25, 0.3) is 0 Å². The molecule has 1 saturated heterocycles. The molecular formula is C13H21N5O. The molecule has 6 heteroatoms. The zero-order valence-electron chi connectivity index (χ0n) is 11.4. The Kier molecular flexibility index (Phi) is 4.94. The van der Waals surface area contributed by atoms with Crippen molar-refractivity contribution in [1.82, 2.24) is 15.0 Å². The number of hydrogen-bond donors (Lipinski definition) is 1. The first-order chi connectivity index (χ1) is 9.33. The molecule has 104 valence electrons. The third-order valence-corrected chi connectivity index (χ3v) is 3.02. The van der Waals surface area contributed by atoms with Crippen LogP contribution in [0.5, 0.6) is 6.01 Å². The largest absolute Gasteiger partial charge is 0.463 e. The minimum Gasteiger partial charge on any atom is -0.463 e. The van der Waals surface area contributed by atoms with Crippen LogP contribution in [0.3, 0.4) is 0 Å². The molecule has 0 unspecified atom stereocenters. The quantitative estimate of drug-likeness (QED) is 0.624. The van der Waals surface area contributed by atoms with Crippen LogP contribution in [-0.2, 0) is 0 Å². The third-order valence-electron chi connectivity index (χ3n) is 3.02. The Morgan fingerprint density at radius 1 is 1.26 bits per heavy atom. The van der Waals surface area contributed by atoms with E-state index in [1.54, 1.807) is 7.05 Å². The normalized spacial score (nSPS) is 15.1. The van der Waals surface area contributed by atoms with Gasteiger partial charge in [-0.2, -0.15) is 15.0 Å². The molecule has 0 radical (unpaired) electrons. The van der Waals surface area contributed by atoms with E-state index in [4.69, 9.17) is 4.74 Å². The molecule has 2 rings (SSSR count). The highest BCUT2D eigenvalue weighted by molar-refractivity contribution is 5.38. The second kappa shape index (κ2) is 6.92. The number of nitrogens with zero attached hydrogens (tertiary/aromatic N) is 4. The van der Waals surface area contributed by atoms with Crippen molar-refractivity contribution >= 4 is 11.9 Å². The molecule has 0 aromatic carbocycles. The molecule has 0 bridgehead atoms. The highest BCUT2D eigenvalue weighted by Crippen LogP contribution is 2.19. The summed E-state index contributed by atoms with van der Waals surface area (Å²) in [7, 11) is 1.79. The van der Waals surface area contributed by atoms with Crippen LogP contribution in [0.15, 0.2) is 12.7 Å². The van der Waals surface area contributed by atoms with Crippen molar-refractivity contribution in [3.8, 4) is 6.01 Å². The zero-order valence-corrected chi connectivity index (χ0v) is 11.4. The SMILES string of the molecule is C=CCCOc1nc(NC)nc(N2CCCCC2)n1. The summed E-state index contributed by atoms with van der Waals surface area (Å²) in [4.78, 5) is 15.2. The zero-order chi connectivity index (χ0) is 13.5. The summed E-state index contributed by atoms with van der Waals surface area (Å²) in [5.41, 5.74) is 0. The van der Waals surface area contributed by atoms with Crippen LogP contribution in [-0.4, -0.2) is 41.7 Å².